The van der Waals surface area contributed by atoms with Crippen molar-refractivity contribution in [3.05, 3.63) is 58.5 Å². The van der Waals surface area contributed by atoms with Crippen molar-refractivity contribution in [2.24, 2.45) is 0 Å². The van der Waals surface area contributed by atoms with Crippen LogP contribution in [0.3, 0.4) is 0 Å². The van der Waals surface area contributed by atoms with Crippen LogP contribution in [0.2, 0.25) is 0 Å². The van der Waals surface area contributed by atoms with Gasteiger partial charge in [-0.3, -0.25) is 20.4 Å². The molecule has 156 valence electrons. The summed E-state index contributed by atoms with van der Waals surface area (Å²) >= 11 is 1.26. The number of morpholine rings is 1. The highest BCUT2D eigenvalue weighted by Gasteiger charge is 2.21. The van der Waals surface area contributed by atoms with Gasteiger partial charge in [-0.2, -0.15) is 0 Å². The van der Waals surface area contributed by atoms with Crippen LogP contribution in [0.5, 0.6) is 0 Å². The van der Waals surface area contributed by atoms with Gasteiger partial charge in [0.1, 0.15) is 16.5 Å². The number of carbonyl (C=O) groups is 2. The summed E-state index contributed by atoms with van der Waals surface area (Å²) in [5, 5.41) is 0.743. The van der Waals surface area contributed by atoms with Crippen molar-refractivity contribution in [1.82, 2.24) is 15.8 Å². The molecule has 0 unspecified atom stereocenters. The molecule has 0 spiro atoms. The van der Waals surface area contributed by atoms with Crippen molar-refractivity contribution in [3.8, 4) is 11.3 Å². The van der Waals surface area contributed by atoms with Crippen LogP contribution < -0.4 is 15.8 Å². The fraction of sp³-hybridized carbons (Fsp3) is 0.250. The van der Waals surface area contributed by atoms with Crippen LogP contribution >= 0.6 is 11.3 Å². The van der Waals surface area contributed by atoms with Crippen LogP contribution in [0, 0.1) is 12.7 Å². The van der Waals surface area contributed by atoms with E-state index in [1.54, 1.807) is 25.1 Å². The molecule has 1 saturated heterocycles. The number of halogens is 1. The molecule has 1 fully saturated rings. The molecule has 8 nitrogen and oxygen atoms in total. The first kappa shape index (κ1) is 20.0. The van der Waals surface area contributed by atoms with Crippen molar-refractivity contribution in [2.75, 3.05) is 31.2 Å². The lowest BCUT2D eigenvalue weighted by Crippen LogP contribution is -2.41. The summed E-state index contributed by atoms with van der Waals surface area (Å²) < 4.78 is 24.6. The predicted octanol–water partition coefficient (Wildman–Crippen LogP) is 2.76. The minimum atomic E-state index is -0.651. The number of hydrogen-bond acceptors (Lipinski definition) is 7. The van der Waals surface area contributed by atoms with Crippen molar-refractivity contribution in [2.45, 2.75) is 6.92 Å². The molecule has 0 radical (unpaired) electrons. The number of carbonyl (C=O) groups excluding carboxylic acids is 2. The number of furan rings is 1. The van der Waals surface area contributed by atoms with Crippen LogP contribution in [0.15, 0.2) is 40.8 Å². The van der Waals surface area contributed by atoms with E-state index in [1.165, 1.54) is 29.5 Å². The van der Waals surface area contributed by atoms with Crippen LogP contribution in [0.4, 0.5) is 9.52 Å². The number of rotatable bonds is 4. The van der Waals surface area contributed by atoms with Gasteiger partial charge in [0, 0.05) is 13.1 Å². The fourth-order valence-corrected chi connectivity index (χ4v) is 3.99. The third-order valence-corrected chi connectivity index (χ3v) is 5.75. The van der Waals surface area contributed by atoms with Gasteiger partial charge in [-0.05, 0) is 31.2 Å². The Morgan fingerprint density at radius 2 is 1.83 bits per heavy atom. The van der Waals surface area contributed by atoms with Crippen molar-refractivity contribution in [1.29, 1.82) is 0 Å². The molecule has 2 N–H and O–H groups in total. The summed E-state index contributed by atoms with van der Waals surface area (Å²) in [5.74, 6) is -1.41. The Hall–Kier alpha value is -3.24. The summed E-state index contributed by atoms with van der Waals surface area (Å²) in [6.07, 6.45) is 0. The number of nitrogens with one attached hydrogen (secondary N) is 2. The standard InChI is InChI=1S/C20H19FN4O4S/c1-12-17(30-20(22-12)25-8-10-28-11-9-25)19(27)24-23-18(26)16-7-6-15(29-16)13-4-2-3-5-14(13)21/h2-7H,8-11H2,1H3,(H,23,26)(H,24,27). The third kappa shape index (κ3) is 4.19. The fourth-order valence-electron chi connectivity index (χ4n) is 2.98. The topological polar surface area (TPSA) is 96.7 Å². The Bertz CT molecular complexity index is 1070. The van der Waals surface area contributed by atoms with Crippen LogP contribution in [0.1, 0.15) is 25.9 Å². The van der Waals surface area contributed by atoms with Crippen LogP contribution in [-0.4, -0.2) is 43.1 Å². The van der Waals surface area contributed by atoms with Crippen LogP contribution in [0.25, 0.3) is 11.3 Å². The molecular formula is C20H19FN4O4S. The molecule has 3 heterocycles. The number of hydrazine groups is 1. The van der Waals surface area contributed by atoms with E-state index in [4.69, 9.17) is 9.15 Å². The first-order chi connectivity index (χ1) is 14.5. The molecule has 2 amide bonds. The molecule has 10 heteroatoms. The number of nitrogens with zero attached hydrogens (tertiary/aromatic N) is 2. The maximum Gasteiger partial charge on any atom is 0.305 e. The SMILES string of the molecule is Cc1nc(N2CCOCC2)sc1C(=O)NNC(=O)c1ccc(-c2ccccc2F)o1. The zero-order chi connectivity index (χ0) is 21.1. The van der Waals surface area contributed by atoms with E-state index in [0.717, 1.165) is 5.13 Å². The lowest BCUT2D eigenvalue weighted by Gasteiger charge is -2.25. The zero-order valence-electron chi connectivity index (χ0n) is 16.1. The zero-order valence-corrected chi connectivity index (χ0v) is 16.9. The van der Waals surface area contributed by atoms with Gasteiger partial charge >= 0.3 is 5.91 Å². The van der Waals surface area contributed by atoms with E-state index in [2.05, 4.69) is 20.7 Å². The largest absolute Gasteiger partial charge is 0.451 e. The molecule has 0 saturated carbocycles. The van der Waals surface area contributed by atoms with E-state index < -0.39 is 17.6 Å². The first-order valence-corrected chi connectivity index (χ1v) is 10.1. The molecule has 2 aromatic heterocycles. The smallest absolute Gasteiger partial charge is 0.305 e. The quantitative estimate of drug-likeness (QED) is 0.618. The van der Waals surface area contributed by atoms with E-state index in [1.807, 2.05) is 0 Å². The minimum absolute atomic E-state index is 0.0522. The second-order valence-corrected chi connectivity index (χ2v) is 7.54. The van der Waals surface area contributed by atoms with Gasteiger partial charge in [0.05, 0.1) is 24.5 Å². The van der Waals surface area contributed by atoms with Crippen LogP contribution in [-0.2, 0) is 4.74 Å². The lowest BCUT2D eigenvalue weighted by atomic mass is 10.1. The van der Waals surface area contributed by atoms with Gasteiger partial charge in [-0.25, -0.2) is 9.37 Å². The number of aryl methyl sites for hydroxylation is 1. The monoisotopic (exact) mass is 430 g/mol. The Morgan fingerprint density at radius 1 is 1.10 bits per heavy atom. The van der Waals surface area contributed by atoms with Gasteiger partial charge in [0.25, 0.3) is 5.91 Å². The summed E-state index contributed by atoms with van der Waals surface area (Å²) in [5.41, 5.74) is 5.51. The van der Waals surface area contributed by atoms with E-state index in [0.29, 0.717) is 36.9 Å². The average molecular weight is 430 g/mol. The molecule has 0 aliphatic carbocycles. The molecule has 3 aromatic rings. The Labute approximate surface area is 175 Å². The Balaban J connectivity index is 1.39. The van der Waals surface area contributed by atoms with E-state index >= 15 is 0 Å². The van der Waals surface area contributed by atoms with Gasteiger partial charge in [-0.1, -0.05) is 23.5 Å². The summed E-state index contributed by atoms with van der Waals surface area (Å²) in [6, 6.07) is 9.01. The second-order valence-electron chi connectivity index (χ2n) is 6.56. The summed E-state index contributed by atoms with van der Waals surface area (Å²) in [4.78, 5) is 31.7. The molecule has 30 heavy (non-hydrogen) atoms. The number of amides is 2. The third-order valence-electron chi connectivity index (χ3n) is 4.53. The molecule has 0 atom stereocenters. The van der Waals surface area contributed by atoms with Gasteiger partial charge in [0.2, 0.25) is 0 Å². The highest BCUT2D eigenvalue weighted by atomic mass is 32.1. The van der Waals surface area contributed by atoms with Crippen molar-refractivity contribution in [3.63, 3.8) is 0 Å². The highest BCUT2D eigenvalue weighted by Crippen LogP contribution is 2.27. The van der Waals surface area contributed by atoms with E-state index in [9.17, 15) is 14.0 Å². The number of hydrogen-bond donors (Lipinski definition) is 2. The molecule has 4 rings (SSSR count). The number of thiazole rings is 1. The summed E-state index contributed by atoms with van der Waals surface area (Å²) in [7, 11) is 0. The normalized spacial score (nSPS) is 13.9. The average Bonchev–Trinajstić information content (AvgIpc) is 3.40. The number of ether oxygens (including phenoxy) is 1. The number of aromatic nitrogens is 1. The van der Waals surface area contributed by atoms with Crippen molar-refractivity contribution < 1.29 is 23.1 Å². The molecule has 1 aliphatic rings. The molecular weight excluding hydrogens is 411 g/mol. The van der Waals surface area contributed by atoms with Crippen molar-refractivity contribution >= 4 is 28.3 Å². The maximum absolute atomic E-state index is 13.9. The van der Waals surface area contributed by atoms with Gasteiger partial charge in [-0.15, -0.1) is 0 Å². The minimum Gasteiger partial charge on any atom is -0.451 e. The lowest BCUT2D eigenvalue weighted by molar-refractivity contribution is 0.0833. The Morgan fingerprint density at radius 3 is 2.60 bits per heavy atom. The number of anilines is 1. The van der Waals surface area contributed by atoms with E-state index in [-0.39, 0.29) is 17.1 Å². The summed E-state index contributed by atoms with van der Waals surface area (Å²) in [6.45, 7) is 4.41. The van der Waals surface area contributed by atoms with Gasteiger partial charge < -0.3 is 14.1 Å². The van der Waals surface area contributed by atoms with Gasteiger partial charge in [0.15, 0.2) is 10.9 Å². The Kier molecular flexibility index (Phi) is 5.77. The molecule has 0 bridgehead atoms. The molecule has 1 aromatic carbocycles. The maximum atomic E-state index is 13.9. The molecule has 1 aliphatic heterocycles. The highest BCUT2D eigenvalue weighted by molar-refractivity contribution is 7.17. The second kappa shape index (κ2) is 8.64. The predicted molar refractivity (Wildman–Crippen MR) is 109 cm³/mol. The first-order valence-electron chi connectivity index (χ1n) is 9.28. The number of benzene rings is 1.